The van der Waals surface area contributed by atoms with Crippen molar-refractivity contribution in [2.75, 3.05) is 14.2 Å². The van der Waals surface area contributed by atoms with Crippen LogP contribution in [0.15, 0.2) is 17.0 Å². The molecule has 1 amide bonds. The number of benzene rings is 1. The second-order valence-corrected chi connectivity index (χ2v) is 5.65. The van der Waals surface area contributed by atoms with Crippen molar-refractivity contribution >= 4 is 51.9 Å². The molecule has 19 heavy (non-hydrogen) atoms. The number of hydrogen-bond donors (Lipinski definition) is 1. The summed E-state index contributed by atoms with van der Waals surface area (Å²) in [5.74, 6) is 0.749. The van der Waals surface area contributed by atoms with Gasteiger partial charge in [-0.05, 0) is 23.8 Å². The molecule has 2 rings (SSSR count). The summed E-state index contributed by atoms with van der Waals surface area (Å²) in [6.45, 7) is 0. The third-order valence-corrected chi connectivity index (χ3v) is 4.00. The molecule has 1 aromatic carbocycles. The highest BCUT2D eigenvalue weighted by Gasteiger charge is 2.23. The summed E-state index contributed by atoms with van der Waals surface area (Å²) in [6.07, 6.45) is 1.67. The van der Waals surface area contributed by atoms with E-state index in [9.17, 15) is 4.79 Å². The summed E-state index contributed by atoms with van der Waals surface area (Å²) < 4.78 is 10.8. The standard InChI is InChI=1S/C12H10ClNO3S2/c1-16-7-4-3-6(9(13)10(7)17-2)5-8-11(15)14-12(18)19-8/h3-5H,1-2H3,(H,14,15,18). The van der Waals surface area contributed by atoms with E-state index in [2.05, 4.69) is 5.32 Å². The maximum Gasteiger partial charge on any atom is 0.263 e. The molecule has 0 aromatic heterocycles. The van der Waals surface area contributed by atoms with Crippen LogP contribution < -0.4 is 14.8 Å². The van der Waals surface area contributed by atoms with Crippen LogP contribution in [0.2, 0.25) is 5.02 Å². The maximum absolute atomic E-state index is 11.6. The normalized spacial score (nSPS) is 16.7. The van der Waals surface area contributed by atoms with Crippen LogP contribution in [0, 0.1) is 0 Å². The Balaban J connectivity index is 2.44. The minimum Gasteiger partial charge on any atom is -0.493 e. The molecule has 0 saturated carbocycles. The number of thioether (sulfide) groups is 1. The minimum atomic E-state index is -0.221. The van der Waals surface area contributed by atoms with Crippen LogP contribution in [0.5, 0.6) is 11.5 Å². The molecule has 0 spiro atoms. The highest BCUT2D eigenvalue weighted by atomic mass is 35.5. The van der Waals surface area contributed by atoms with Gasteiger partial charge in [0.1, 0.15) is 4.32 Å². The van der Waals surface area contributed by atoms with E-state index in [0.29, 0.717) is 31.3 Å². The Morgan fingerprint density at radius 3 is 2.63 bits per heavy atom. The molecule has 1 N–H and O–H groups in total. The first-order valence-corrected chi connectivity index (χ1v) is 6.82. The highest BCUT2D eigenvalue weighted by Crippen LogP contribution is 2.39. The van der Waals surface area contributed by atoms with E-state index >= 15 is 0 Å². The number of methoxy groups -OCH3 is 2. The van der Waals surface area contributed by atoms with Gasteiger partial charge in [-0.25, -0.2) is 0 Å². The molecule has 1 aliphatic heterocycles. The van der Waals surface area contributed by atoms with Gasteiger partial charge in [-0.2, -0.15) is 0 Å². The molecule has 1 aliphatic rings. The van der Waals surface area contributed by atoms with Crippen LogP contribution in [-0.4, -0.2) is 24.4 Å². The van der Waals surface area contributed by atoms with Gasteiger partial charge in [-0.1, -0.05) is 35.6 Å². The van der Waals surface area contributed by atoms with Crippen molar-refractivity contribution in [3.05, 3.63) is 27.6 Å². The van der Waals surface area contributed by atoms with Gasteiger partial charge >= 0.3 is 0 Å². The SMILES string of the molecule is COc1ccc(C=C2SC(=S)NC2=O)c(Cl)c1OC. The number of carbonyl (C=O) groups is 1. The predicted molar refractivity (Wildman–Crippen MR) is 80.9 cm³/mol. The zero-order valence-electron chi connectivity index (χ0n) is 10.2. The Kier molecular flexibility index (Phi) is 4.34. The minimum absolute atomic E-state index is 0.221. The number of ether oxygens (including phenoxy) is 2. The maximum atomic E-state index is 11.6. The first kappa shape index (κ1) is 14.2. The summed E-state index contributed by atoms with van der Waals surface area (Å²) in [4.78, 5) is 12.1. The van der Waals surface area contributed by atoms with Crippen LogP contribution in [0.3, 0.4) is 0 Å². The van der Waals surface area contributed by atoms with Crippen molar-refractivity contribution in [2.24, 2.45) is 0 Å². The van der Waals surface area contributed by atoms with E-state index in [1.165, 1.54) is 26.0 Å². The molecule has 0 radical (unpaired) electrons. The first-order valence-electron chi connectivity index (χ1n) is 5.22. The van der Waals surface area contributed by atoms with Crippen LogP contribution in [0.1, 0.15) is 5.56 Å². The predicted octanol–water partition coefficient (Wildman–Crippen LogP) is 2.85. The van der Waals surface area contributed by atoms with Crippen molar-refractivity contribution in [1.82, 2.24) is 5.32 Å². The molecule has 0 unspecified atom stereocenters. The largest absolute Gasteiger partial charge is 0.493 e. The van der Waals surface area contributed by atoms with Gasteiger partial charge in [0.25, 0.3) is 5.91 Å². The van der Waals surface area contributed by atoms with Gasteiger partial charge in [0.05, 0.1) is 24.1 Å². The van der Waals surface area contributed by atoms with E-state index in [4.69, 9.17) is 33.3 Å². The number of hydrogen-bond acceptors (Lipinski definition) is 5. The van der Waals surface area contributed by atoms with E-state index < -0.39 is 0 Å². The number of rotatable bonds is 3. The number of halogens is 1. The molecular formula is C12H10ClNO3S2. The Labute approximate surface area is 125 Å². The van der Waals surface area contributed by atoms with Crippen LogP contribution in [0.4, 0.5) is 0 Å². The summed E-state index contributed by atoms with van der Waals surface area (Å²) in [7, 11) is 3.04. The second-order valence-electron chi connectivity index (χ2n) is 3.56. The molecule has 1 heterocycles. The summed E-state index contributed by atoms with van der Waals surface area (Å²) in [5, 5.41) is 2.94. The van der Waals surface area contributed by atoms with Crippen molar-refractivity contribution in [3.8, 4) is 11.5 Å². The Hall–Kier alpha value is -1.24. The lowest BCUT2D eigenvalue weighted by atomic mass is 10.2. The van der Waals surface area contributed by atoms with Crippen molar-refractivity contribution in [2.45, 2.75) is 0 Å². The fourth-order valence-electron chi connectivity index (χ4n) is 1.58. The summed E-state index contributed by atoms with van der Waals surface area (Å²) in [5.41, 5.74) is 0.668. The third kappa shape index (κ3) is 2.86. The molecular weight excluding hydrogens is 306 g/mol. The Morgan fingerprint density at radius 1 is 1.37 bits per heavy atom. The summed E-state index contributed by atoms with van der Waals surface area (Å²) >= 11 is 12.4. The lowest BCUT2D eigenvalue weighted by Gasteiger charge is -2.11. The van der Waals surface area contributed by atoms with Gasteiger partial charge in [0.15, 0.2) is 11.5 Å². The smallest absolute Gasteiger partial charge is 0.263 e. The van der Waals surface area contributed by atoms with Crippen LogP contribution >= 0.6 is 35.6 Å². The van der Waals surface area contributed by atoms with Gasteiger partial charge in [0.2, 0.25) is 0 Å². The van der Waals surface area contributed by atoms with Crippen LogP contribution in [0.25, 0.3) is 6.08 Å². The highest BCUT2D eigenvalue weighted by molar-refractivity contribution is 8.26. The lowest BCUT2D eigenvalue weighted by molar-refractivity contribution is -0.115. The topological polar surface area (TPSA) is 47.6 Å². The molecule has 1 saturated heterocycles. The summed E-state index contributed by atoms with van der Waals surface area (Å²) in [6, 6.07) is 3.48. The Morgan fingerprint density at radius 2 is 2.11 bits per heavy atom. The number of amides is 1. The molecule has 0 bridgehead atoms. The molecule has 4 nitrogen and oxygen atoms in total. The molecule has 100 valence electrons. The monoisotopic (exact) mass is 315 g/mol. The average molecular weight is 316 g/mol. The van der Waals surface area contributed by atoms with E-state index in [1.807, 2.05) is 0 Å². The van der Waals surface area contributed by atoms with E-state index in [0.717, 1.165) is 0 Å². The third-order valence-electron chi connectivity index (χ3n) is 2.44. The van der Waals surface area contributed by atoms with Crippen molar-refractivity contribution in [3.63, 3.8) is 0 Å². The second kappa shape index (κ2) is 5.81. The van der Waals surface area contributed by atoms with Crippen LogP contribution in [-0.2, 0) is 4.79 Å². The zero-order valence-corrected chi connectivity index (χ0v) is 12.5. The Bertz CT molecular complexity index is 587. The van der Waals surface area contributed by atoms with Gasteiger partial charge < -0.3 is 14.8 Å². The van der Waals surface area contributed by atoms with Gasteiger partial charge in [-0.15, -0.1) is 0 Å². The van der Waals surface area contributed by atoms with Crippen molar-refractivity contribution in [1.29, 1.82) is 0 Å². The van der Waals surface area contributed by atoms with E-state index in [-0.39, 0.29) is 5.91 Å². The van der Waals surface area contributed by atoms with Gasteiger partial charge in [-0.3, -0.25) is 4.79 Å². The average Bonchev–Trinajstić information content (AvgIpc) is 2.70. The fraction of sp³-hybridized carbons (Fsp3) is 0.167. The molecule has 1 fully saturated rings. The first-order chi connectivity index (χ1) is 9.06. The quantitative estimate of drug-likeness (QED) is 0.686. The number of thiocarbonyl (C=S) groups is 1. The van der Waals surface area contributed by atoms with E-state index in [1.54, 1.807) is 18.2 Å². The fourth-order valence-corrected chi connectivity index (χ4v) is 2.90. The number of carbonyl (C=O) groups excluding carboxylic acids is 1. The zero-order chi connectivity index (χ0) is 14.0. The molecule has 0 atom stereocenters. The molecule has 7 heteroatoms. The van der Waals surface area contributed by atoms with Gasteiger partial charge in [0, 0.05) is 0 Å². The van der Waals surface area contributed by atoms with Crippen molar-refractivity contribution < 1.29 is 14.3 Å². The molecule has 1 aromatic rings. The lowest BCUT2D eigenvalue weighted by Crippen LogP contribution is -2.17. The molecule has 0 aliphatic carbocycles. The number of nitrogens with one attached hydrogen (secondary N) is 1.